The molecule has 1 aliphatic heterocycles. The molecule has 4 rings (SSSR count). The van der Waals surface area contributed by atoms with Crippen molar-refractivity contribution in [2.24, 2.45) is 0 Å². The van der Waals surface area contributed by atoms with Crippen LogP contribution in [0.5, 0.6) is 0 Å². The van der Waals surface area contributed by atoms with Crippen molar-refractivity contribution in [2.45, 2.75) is 26.7 Å². The van der Waals surface area contributed by atoms with Crippen molar-refractivity contribution in [3.05, 3.63) is 53.0 Å². The molecule has 1 fully saturated rings. The van der Waals surface area contributed by atoms with E-state index in [2.05, 4.69) is 38.9 Å². The molecule has 1 aromatic carbocycles. The number of thiazole rings is 1. The number of anilines is 2. The first-order chi connectivity index (χ1) is 15.4. The molecule has 0 saturated carbocycles. The van der Waals surface area contributed by atoms with E-state index in [4.69, 9.17) is 4.98 Å². The van der Waals surface area contributed by atoms with Crippen LogP contribution in [0.15, 0.2) is 35.7 Å². The number of carbonyl (C=O) groups excluding carboxylic acids is 1. The number of rotatable bonds is 6. The third kappa shape index (κ3) is 5.46. The summed E-state index contributed by atoms with van der Waals surface area (Å²) in [5.74, 6) is 1.74. The second-order valence-electron chi connectivity index (χ2n) is 8.24. The van der Waals surface area contributed by atoms with E-state index in [0.29, 0.717) is 11.7 Å². The number of carbonyl (C=O) groups is 1. The van der Waals surface area contributed by atoms with Gasteiger partial charge in [0.2, 0.25) is 5.91 Å². The van der Waals surface area contributed by atoms with Gasteiger partial charge in [-0.1, -0.05) is 13.8 Å². The Kier molecular flexibility index (Phi) is 6.76. The number of hydrogen-bond acceptors (Lipinski definition) is 7. The molecule has 0 aliphatic carbocycles. The fourth-order valence-electron chi connectivity index (χ4n) is 3.58. The third-order valence-electron chi connectivity index (χ3n) is 5.33. The summed E-state index contributed by atoms with van der Waals surface area (Å²) in [6.07, 6.45) is 0. The second-order valence-corrected chi connectivity index (χ2v) is 9.09. The van der Waals surface area contributed by atoms with Gasteiger partial charge in [-0.15, -0.1) is 11.3 Å². The van der Waals surface area contributed by atoms with Gasteiger partial charge in [0.1, 0.15) is 17.5 Å². The van der Waals surface area contributed by atoms with Gasteiger partial charge in [-0.2, -0.15) is 0 Å². The van der Waals surface area contributed by atoms with Crippen LogP contribution in [0.1, 0.15) is 31.3 Å². The van der Waals surface area contributed by atoms with Crippen LogP contribution in [-0.2, 0) is 4.79 Å². The lowest BCUT2D eigenvalue weighted by atomic mass is 10.2. The van der Waals surface area contributed by atoms with Crippen LogP contribution in [0.3, 0.4) is 0 Å². The SMILES string of the molecule is Cc1cc(N2CCN(CC(=O)Nc3nc(-c4ccc(F)cc4)cs3)CC2)nc(C(C)C)n1. The van der Waals surface area contributed by atoms with Gasteiger partial charge in [-0.25, -0.2) is 19.3 Å². The van der Waals surface area contributed by atoms with Gasteiger partial charge in [0, 0.05) is 54.8 Å². The summed E-state index contributed by atoms with van der Waals surface area (Å²) in [6.45, 7) is 9.70. The standard InChI is InChI=1S/C23H27FN6OS/c1-15(2)22-25-16(3)12-20(27-22)30-10-8-29(9-11-30)13-21(31)28-23-26-19(14-32-23)17-4-6-18(24)7-5-17/h4-7,12,14-15H,8-11,13H2,1-3H3,(H,26,28,31). The molecule has 0 radical (unpaired) electrons. The highest BCUT2D eigenvalue weighted by Crippen LogP contribution is 2.25. The Labute approximate surface area is 191 Å². The van der Waals surface area contributed by atoms with Crippen molar-refractivity contribution >= 4 is 28.2 Å². The van der Waals surface area contributed by atoms with Gasteiger partial charge in [0.25, 0.3) is 0 Å². The van der Waals surface area contributed by atoms with Crippen LogP contribution in [0.4, 0.5) is 15.3 Å². The van der Waals surface area contributed by atoms with E-state index in [9.17, 15) is 9.18 Å². The van der Waals surface area contributed by atoms with Crippen LogP contribution < -0.4 is 10.2 Å². The zero-order valence-corrected chi connectivity index (χ0v) is 19.3. The highest BCUT2D eigenvalue weighted by atomic mass is 32.1. The number of nitrogens with zero attached hydrogens (tertiary/aromatic N) is 5. The summed E-state index contributed by atoms with van der Waals surface area (Å²) in [7, 11) is 0. The summed E-state index contributed by atoms with van der Waals surface area (Å²) in [5.41, 5.74) is 2.52. The number of piperazine rings is 1. The molecule has 7 nitrogen and oxygen atoms in total. The number of hydrogen-bond donors (Lipinski definition) is 1. The van der Waals surface area contributed by atoms with Crippen LogP contribution in [-0.4, -0.2) is 58.5 Å². The maximum Gasteiger partial charge on any atom is 0.240 e. The number of nitrogens with one attached hydrogen (secondary N) is 1. The normalized spacial score (nSPS) is 14.7. The Bertz CT molecular complexity index is 1080. The molecule has 3 aromatic rings. The molecule has 0 spiro atoms. The first-order valence-electron chi connectivity index (χ1n) is 10.7. The van der Waals surface area contributed by atoms with Gasteiger partial charge in [-0.3, -0.25) is 9.69 Å². The summed E-state index contributed by atoms with van der Waals surface area (Å²) < 4.78 is 13.1. The second kappa shape index (κ2) is 9.70. The molecular weight excluding hydrogens is 427 g/mol. The quantitative estimate of drug-likeness (QED) is 0.608. The van der Waals surface area contributed by atoms with Crippen molar-refractivity contribution in [3.8, 4) is 11.3 Å². The van der Waals surface area contributed by atoms with Crippen molar-refractivity contribution in [1.29, 1.82) is 0 Å². The maximum absolute atomic E-state index is 13.1. The highest BCUT2D eigenvalue weighted by Gasteiger charge is 2.21. The largest absolute Gasteiger partial charge is 0.354 e. The predicted molar refractivity (Wildman–Crippen MR) is 126 cm³/mol. The Morgan fingerprint density at radius 1 is 1.12 bits per heavy atom. The van der Waals surface area contributed by atoms with Crippen molar-refractivity contribution < 1.29 is 9.18 Å². The first kappa shape index (κ1) is 22.3. The van der Waals surface area contributed by atoms with Crippen molar-refractivity contribution in [2.75, 3.05) is 42.9 Å². The summed E-state index contributed by atoms with van der Waals surface area (Å²) in [5, 5.41) is 5.28. The average Bonchev–Trinajstić information content (AvgIpc) is 3.22. The molecule has 1 N–H and O–H groups in total. The monoisotopic (exact) mass is 454 g/mol. The molecule has 168 valence electrons. The van der Waals surface area contributed by atoms with Crippen LogP contribution >= 0.6 is 11.3 Å². The van der Waals surface area contributed by atoms with E-state index in [0.717, 1.165) is 54.8 Å². The molecule has 1 saturated heterocycles. The van der Waals surface area contributed by atoms with Crippen molar-refractivity contribution in [1.82, 2.24) is 19.9 Å². The number of halogens is 1. The predicted octanol–water partition coefficient (Wildman–Crippen LogP) is 3.93. The van der Waals surface area contributed by atoms with Gasteiger partial charge < -0.3 is 10.2 Å². The third-order valence-corrected chi connectivity index (χ3v) is 6.09. The smallest absolute Gasteiger partial charge is 0.240 e. The summed E-state index contributed by atoms with van der Waals surface area (Å²) in [6, 6.07) is 8.19. The van der Waals surface area contributed by atoms with E-state index >= 15 is 0 Å². The number of amides is 1. The molecule has 9 heteroatoms. The fraction of sp³-hybridized carbons (Fsp3) is 0.391. The van der Waals surface area contributed by atoms with Crippen LogP contribution in [0.25, 0.3) is 11.3 Å². The average molecular weight is 455 g/mol. The van der Waals surface area contributed by atoms with Gasteiger partial charge in [0.05, 0.1) is 12.2 Å². The Morgan fingerprint density at radius 3 is 2.53 bits per heavy atom. The van der Waals surface area contributed by atoms with Gasteiger partial charge in [-0.05, 0) is 31.2 Å². The fourth-order valence-corrected chi connectivity index (χ4v) is 4.31. The highest BCUT2D eigenvalue weighted by molar-refractivity contribution is 7.14. The molecule has 0 atom stereocenters. The zero-order chi connectivity index (χ0) is 22.7. The minimum Gasteiger partial charge on any atom is -0.354 e. The topological polar surface area (TPSA) is 74.2 Å². The van der Waals surface area contributed by atoms with Gasteiger partial charge in [0.15, 0.2) is 5.13 Å². The summed E-state index contributed by atoms with van der Waals surface area (Å²) in [4.78, 5) is 30.6. The zero-order valence-electron chi connectivity index (χ0n) is 18.5. The van der Waals surface area contributed by atoms with E-state index in [1.165, 1.54) is 23.5 Å². The minimum atomic E-state index is -0.284. The van der Waals surface area contributed by atoms with Crippen LogP contribution in [0, 0.1) is 12.7 Å². The molecular formula is C23H27FN6OS. The lowest BCUT2D eigenvalue weighted by Gasteiger charge is -2.35. The maximum atomic E-state index is 13.1. The van der Waals surface area contributed by atoms with E-state index in [1.54, 1.807) is 12.1 Å². The number of benzene rings is 1. The molecule has 0 bridgehead atoms. The van der Waals surface area contributed by atoms with E-state index < -0.39 is 0 Å². The Hall–Kier alpha value is -2.91. The van der Waals surface area contributed by atoms with E-state index in [-0.39, 0.29) is 17.6 Å². The lowest BCUT2D eigenvalue weighted by Crippen LogP contribution is -2.49. The molecule has 2 aromatic heterocycles. The molecule has 0 unspecified atom stereocenters. The Morgan fingerprint density at radius 2 is 1.84 bits per heavy atom. The van der Waals surface area contributed by atoms with E-state index in [1.807, 2.05) is 18.4 Å². The lowest BCUT2D eigenvalue weighted by molar-refractivity contribution is -0.117. The molecule has 32 heavy (non-hydrogen) atoms. The minimum absolute atomic E-state index is 0.0848. The first-order valence-corrected chi connectivity index (χ1v) is 11.6. The van der Waals surface area contributed by atoms with Crippen molar-refractivity contribution in [3.63, 3.8) is 0 Å². The Balaban J connectivity index is 1.29. The summed E-state index contributed by atoms with van der Waals surface area (Å²) >= 11 is 1.36. The van der Waals surface area contributed by atoms with Gasteiger partial charge >= 0.3 is 0 Å². The molecule has 1 amide bonds. The van der Waals surface area contributed by atoms with Crippen LogP contribution in [0.2, 0.25) is 0 Å². The number of aryl methyl sites for hydroxylation is 1. The molecule has 1 aliphatic rings. The number of aromatic nitrogens is 3. The molecule has 3 heterocycles.